The maximum Gasteiger partial charge on any atom is 0.282 e. The second-order valence-corrected chi connectivity index (χ2v) is 5.36. The van der Waals surface area contributed by atoms with Crippen LogP contribution in [0, 0.1) is 4.77 Å². The third kappa shape index (κ3) is 3.18. The SMILES string of the molecule is C=CCOc1ccccc1/C=N\n1c(=S)[nH]c2ccccc2c1=O. The van der Waals surface area contributed by atoms with Crippen LogP contribution >= 0.6 is 12.2 Å². The van der Waals surface area contributed by atoms with Crippen molar-refractivity contribution in [1.29, 1.82) is 0 Å². The van der Waals surface area contributed by atoms with Gasteiger partial charge in [0.05, 0.1) is 17.1 Å². The third-order valence-corrected chi connectivity index (χ3v) is 3.65. The van der Waals surface area contributed by atoms with Gasteiger partial charge in [0.25, 0.3) is 5.56 Å². The highest BCUT2D eigenvalue weighted by Gasteiger charge is 2.04. The molecule has 0 radical (unpaired) electrons. The summed E-state index contributed by atoms with van der Waals surface area (Å²) >= 11 is 5.23. The molecule has 0 unspecified atom stereocenters. The number of hydrogen-bond donors (Lipinski definition) is 1. The fraction of sp³-hybridized carbons (Fsp3) is 0.0556. The summed E-state index contributed by atoms with van der Waals surface area (Å²) < 4.78 is 6.98. The molecule has 3 rings (SSSR count). The van der Waals surface area contributed by atoms with E-state index in [2.05, 4.69) is 16.7 Å². The second-order valence-electron chi connectivity index (χ2n) is 4.97. The number of hydrogen-bond acceptors (Lipinski definition) is 4. The molecule has 2 aromatic carbocycles. The molecule has 1 heterocycles. The molecule has 0 fully saturated rings. The van der Waals surface area contributed by atoms with Crippen LogP contribution < -0.4 is 10.3 Å². The van der Waals surface area contributed by atoms with Crippen LogP contribution in [-0.2, 0) is 0 Å². The van der Waals surface area contributed by atoms with Crippen molar-refractivity contribution in [3.8, 4) is 5.75 Å². The van der Waals surface area contributed by atoms with Gasteiger partial charge in [0.15, 0.2) is 0 Å². The van der Waals surface area contributed by atoms with Crippen molar-refractivity contribution in [2.75, 3.05) is 6.61 Å². The zero-order valence-electron chi connectivity index (χ0n) is 12.8. The molecular weight excluding hydrogens is 322 g/mol. The number of nitrogens with one attached hydrogen (secondary N) is 1. The lowest BCUT2D eigenvalue weighted by atomic mass is 10.2. The van der Waals surface area contributed by atoms with Gasteiger partial charge < -0.3 is 9.72 Å². The molecule has 3 aromatic rings. The number of nitrogens with zero attached hydrogens (tertiary/aromatic N) is 2. The molecule has 24 heavy (non-hydrogen) atoms. The largest absolute Gasteiger partial charge is 0.489 e. The van der Waals surface area contributed by atoms with Crippen LogP contribution in [0.4, 0.5) is 0 Å². The summed E-state index contributed by atoms with van der Waals surface area (Å²) in [6.07, 6.45) is 3.22. The smallest absolute Gasteiger partial charge is 0.282 e. The normalized spacial score (nSPS) is 11.0. The van der Waals surface area contributed by atoms with Crippen molar-refractivity contribution in [2.45, 2.75) is 0 Å². The highest BCUT2D eigenvalue weighted by atomic mass is 32.1. The van der Waals surface area contributed by atoms with Gasteiger partial charge in [-0.1, -0.05) is 36.9 Å². The number of rotatable bonds is 5. The first-order valence-corrected chi connectivity index (χ1v) is 7.72. The molecule has 1 N–H and O–H groups in total. The molecule has 1 aromatic heterocycles. The fourth-order valence-corrected chi connectivity index (χ4v) is 2.49. The molecule has 6 heteroatoms. The maximum absolute atomic E-state index is 12.5. The Morgan fingerprint density at radius 2 is 1.96 bits per heavy atom. The summed E-state index contributed by atoms with van der Waals surface area (Å²) in [7, 11) is 0. The Kier molecular flexibility index (Phi) is 4.67. The van der Waals surface area contributed by atoms with Gasteiger partial charge in [0.1, 0.15) is 12.4 Å². The average Bonchev–Trinajstić information content (AvgIpc) is 2.60. The summed E-state index contributed by atoms with van der Waals surface area (Å²) in [6, 6.07) is 14.6. The highest BCUT2D eigenvalue weighted by molar-refractivity contribution is 7.71. The van der Waals surface area contributed by atoms with E-state index < -0.39 is 0 Å². The molecular formula is C18H15N3O2S. The van der Waals surface area contributed by atoms with Gasteiger partial charge in [0.2, 0.25) is 4.77 Å². The van der Waals surface area contributed by atoms with Crippen LogP contribution in [0.15, 0.2) is 71.1 Å². The topological polar surface area (TPSA) is 59.4 Å². The van der Waals surface area contributed by atoms with Crippen LogP contribution in [-0.4, -0.2) is 22.5 Å². The van der Waals surface area contributed by atoms with Crippen LogP contribution in [0.2, 0.25) is 0 Å². The molecule has 0 aliphatic rings. The van der Waals surface area contributed by atoms with Crippen LogP contribution in [0.25, 0.3) is 10.9 Å². The van der Waals surface area contributed by atoms with E-state index >= 15 is 0 Å². The molecule has 120 valence electrons. The number of benzene rings is 2. The first kappa shape index (κ1) is 15.9. The van der Waals surface area contributed by atoms with Crippen LogP contribution in [0.5, 0.6) is 5.75 Å². The Bertz CT molecular complexity index is 1030. The molecule has 0 amide bonds. The zero-order chi connectivity index (χ0) is 16.9. The monoisotopic (exact) mass is 337 g/mol. The Labute approximate surface area is 143 Å². The minimum atomic E-state index is -0.268. The van der Waals surface area contributed by atoms with E-state index in [0.717, 1.165) is 5.56 Å². The number of H-pyrrole nitrogens is 1. The number of aromatic nitrogens is 2. The van der Waals surface area contributed by atoms with Gasteiger partial charge in [-0.3, -0.25) is 4.79 Å². The van der Waals surface area contributed by atoms with Gasteiger partial charge in [-0.25, -0.2) is 0 Å². The number of aromatic amines is 1. The summed E-state index contributed by atoms with van der Waals surface area (Å²) in [5, 5.41) is 4.76. The lowest BCUT2D eigenvalue weighted by Crippen LogP contribution is -2.18. The minimum absolute atomic E-state index is 0.236. The van der Waals surface area contributed by atoms with E-state index in [1.807, 2.05) is 30.3 Å². The minimum Gasteiger partial charge on any atom is -0.489 e. The van der Waals surface area contributed by atoms with Gasteiger partial charge in [-0.05, 0) is 36.5 Å². The molecule has 0 saturated carbocycles. The molecule has 0 atom stereocenters. The van der Waals surface area contributed by atoms with Crippen LogP contribution in [0.1, 0.15) is 5.56 Å². The lowest BCUT2D eigenvalue weighted by Gasteiger charge is -2.06. The molecule has 0 aliphatic heterocycles. The third-order valence-electron chi connectivity index (χ3n) is 3.37. The fourth-order valence-electron chi connectivity index (χ4n) is 2.25. The Morgan fingerprint density at radius 1 is 1.21 bits per heavy atom. The summed E-state index contributed by atoms with van der Waals surface area (Å²) in [4.78, 5) is 15.5. The first-order chi connectivity index (χ1) is 11.7. The molecule has 5 nitrogen and oxygen atoms in total. The average molecular weight is 337 g/mol. The first-order valence-electron chi connectivity index (χ1n) is 7.32. The van der Waals surface area contributed by atoms with Gasteiger partial charge in [-0.15, -0.1) is 0 Å². The van der Waals surface area contributed by atoms with Crippen molar-refractivity contribution in [3.05, 3.63) is 81.9 Å². The molecule has 0 bridgehead atoms. The Hall–Kier alpha value is -2.99. The molecule has 0 saturated heterocycles. The van der Waals surface area contributed by atoms with E-state index in [0.29, 0.717) is 23.3 Å². The van der Waals surface area contributed by atoms with Gasteiger partial charge in [-0.2, -0.15) is 9.78 Å². The Balaban J connectivity index is 2.05. The lowest BCUT2D eigenvalue weighted by molar-refractivity contribution is 0.362. The Morgan fingerprint density at radius 3 is 2.79 bits per heavy atom. The predicted molar refractivity (Wildman–Crippen MR) is 98.5 cm³/mol. The van der Waals surface area contributed by atoms with E-state index in [1.54, 1.807) is 30.5 Å². The van der Waals surface area contributed by atoms with E-state index in [1.165, 1.54) is 4.68 Å². The van der Waals surface area contributed by atoms with Crippen LogP contribution in [0.3, 0.4) is 0 Å². The van der Waals surface area contributed by atoms with Crippen molar-refractivity contribution in [1.82, 2.24) is 9.66 Å². The standard InChI is InChI=1S/C18H15N3O2S/c1-2-11-23-16-10-6-3-7-13(16)12-19-21-17(22)14-8-4-5-9-15(14)20-18(21)24/h2-10,12H,1,11H2,(H,20,24)/b19-12-. The van der Waals surface area contributed by atoms with Crippen molar-refractivity contribution in [2.24, 2.45) is 5.10 Å². The zero-order valence-corrected chi connectivity index (χ0v) is 13.6. The summed E-state index contributed by atoms with van der Waals surface area (Å²) in [5.41, 5.74) is 1.16. The van der Waals surface area contributed by atoms with E-state index in [9.17, 15) is 4.79 Å². The van der Waals surface area contributed by atoms with Gasteiger partial charge in [0, 0.05) is 5.56 Å². The van der Waals surface area contributed by atoms with Crippen molar-refractivity contribution >= 4 is 29.3 Å². The maximum atomic E-state index is 12.5. The highest BCUT2D eigenvalue weighted by Crippen LogP contribution is 2.16. The van der Waals surface area contributed by atoms with E-state index in [-0.39, 0.29) is 10.3 Å². The van der Waals surface area contributed by atoms with Crippen molar-refractivity contribution < 1.29 is 4.74 Å². The van der Waals surface area contributed by atoms with E-state index in [4.69, 9.17) is 17.0 Å². The molecule has 0 aliphatic carbocycles. The number of ether oxygens (including phenoxy) is 1. The second kappa shape index (κ2) is 7.06. The van der Waals surface area contributed by atoms with Gasteiger partial charge >= 0.3 is 0 Å². The predicted octanol–water partition coefficient (Wildman–Crippen LogP) is 3.51. The number of fused-ring (bicyclic) bond motifs is 1. The summed E-state index contributed by atoms with van der Waals surface area (Å²) in [5.74, 6) is 0.657. The number of para-hydroxylation sites is 2. The molecule has 0 spiro atoms. The summed E-state index contributed by atoms with van der Waals surface area (Å²) in [6.45, 7) is 4.02. The van der Waals surface area contributed by atoms with Crippen molar-refractivity contribution in [3.63, 3.8) is 0 Å². The quantitative estimate of drug-likeness (QED) is 0.440.